The number of aryl methyl sites for hydroxylation is 2. The normalized spacial score (nSPS) is 19.6. The van der Waals surface area contributed by atoms with Crippen molar-refractivity contribution in [2.45, 2.75) is 45.8 Å². The number of amides is 1. The number of carbonyl (C=O) groups is 1. The highest BCUT2D eigenvalue weighted by Crippen LogP contribution is 2.17. The minimum Gasteiger partial charge on any atom is -0.481 e. The van der Waals surface area contributed by atoms with Crippen molar-refractivity contribution < 1.29 is 14.3 Å². The van der Waals surface area contributed by atoms with Gasteiger partial charge in [0, 0.05) is 13.2 Å². The number of rotatable bonds is 5. The molecule has 1 heterocycles. The van der Waals surface area contributed by atoms with Gasteiger partial charge in [-0.3, -0.25) is 4.79 Å². The average Bonchev–Trinajstić information content (AvgIpc) is 2.93. The fourth-order valence-corrected chi connectivity index (χ4v) is 2.21. The highest BCUT2D eigenvalue weighted by atomic mass is 16.5. The van der Waals surface area contributed by atoms with Gasteiger partial charge in [0.1, 0.15) is 5.75 Å². The Labute approximate surface area is 120 Å². The van der Waals surface area contributed by atoms with Crippen molar-refractivity contribution in [1.29, 1.82) is 0 Å². The molecule has 1 aromatic carbocycles. The van der Waals surface area contributed by atoms with Crippen LogP contribution in [0.25, 0.3) is 0 Å². The predicted molar refractivity (Wildman–Crippen MR) is 78.0 cm³/mol. The van der Waals surface area contributed by atoms with Gasteiger partial charge in [-0.2, -0.15) is 0 Å². The Balaban J connectivity index is 1.81. The maximum Gasteiger partial charge on any atom is 0.260 e. The fraction of sp³-hybridized carbons (Fsp3) is 0.562. The van der Waals surface area contributed by atoms with E-state index in [2.05, 4.69) is 12.2 Å². The number of hydrogen-bond acceptors (Lipinski definition) is 3. The second kappa shape index (κ2) is 6.75. The Kier molecular flexibility index (Phi) is 5.01. The standard InChI is InChI=1S/C16H23NO3/c1-11-6-7-14(9-12(11)2)20-13(3)16(18)17-10-15-5-4-8-19-15/h6-7,9,13,15H,4-5,8,10H2,1-3H3,(H,17,18). The van der Waals surface area contributed by atoms with Gasteiger partial charge in [-0.15, -0.1) is 0 Å². The molecule has 2 atom stereocenters. The largest absolute Gasteiger partial charge is 0.481 e. The predicted octanol–water partition coefficient (Wildman–Crippen LogP) is 2.37. The molecular weight excluding hydrogens is 254 g/mol. The van der Waals surface area contributed by atoms with Gasteiger partial charge in [0.05, 0.1) is 6.10 Å². The van der Waals surface area contributed by atoms with Crippen LogP contribution in [-0.4, -0.2) is 31.3 Å². The SMILES string of the molecule is Cc1ccc(OC(C)C(=O)NCC2CCCO2)cc1C. The van der Waals surface area contributed by atoms with E-state index < -0.39 is 6.10 Å². The summed E-state index contributed by atoms with van der Waals surface area (Å²) in [5, 5.41) is 2.88. The maximum atomic E-state index is 12.0. The van der Waals surface area contributed by atoms with Gasteiger partial charge in [0.2, 0.25) is 0 Å². The molecule has 110 valence electrons. The molecule has 2 rings (SSSR count). The van der Waals surface area contributed by atoms with Crippen LogP contribution in [0.15, 0.2) is 18.2 Å². The van der Waals surface area contributed by atoms with Gasteiger partial charge in [0.15, 0.2) is 6.10 Å². The Hall–Kier alpha value is -1.55. The molecule has 20 heavy (non-hydrogen) atoms. The molecule has 2 unspecified atom stereocenters. The Morgan fingerprint density at radius 3 is 2.90 bits per heavy atom. The number of carbonyl (C=O) groups excluding carboxylic acids is 1. The van der Waals surface area contributed by atoms with E-state index in [0.29, 0.717) is 6.54 Å². The van der Waals surface area contributed by atoms with Crippen molar-refractivity contribution >= 4 is 5.91 Å². The van der Waals surface area contributed by atoms with Crippen LogP contribution in [0.1, 0.15) is 30.9 Å². The van der Waals surface area contributed by atoms with E-state index in [9.17, 15) is 4.79 Å². The zero-order chi connectivity index (χ0) is 14.5. The first-order chi connectivity index (χ1) is 9.56. The van der Waals surface area contributed by atoms with Gasteiger partial charge in [-0.1, -0.05) is 6.07 Å². The molecule has 0 spiro atoms. The van der Waals surface area contributed by atoms with Gasteiger partial charge in [-0.05, 0) is 56.9 Å². The first kappa shape index (κ1) is 14.9. The molecule has 1 saturated heterocycles. The molecule has 1 aliphatic heterocycles. The van der Waals surface area contributed by atoms with E-state index in [1.807, 2.05) is 25.1 Å². The minimum atomic E-state index is -0.501. The van der Waals surface area contributed by atoms with Gasteiger partial charge >= 0.3 is 0 Å². The highest BCUT2D eigenvalue weighted by Gasteiger charge is 2.19. The van der Waals surface area contributed by atoms with Gasteiger partial charge in [-0.25, -0.2) is 0 Å². The van der Waals surface area contributed by atoms with E-state index in [1.165, 1.54) is 5.56 Å². The molecule has 1 N–H and O–H groups in total. The molecule has 0 aromatic heterocycles. The van der Waals surface area contributed by atoms with Crippen LogP contribution in [0.3, 0.4) is 0 Å². The molecule has 1 amide bonds. The lowest BCUT2D eigenvalue weighted by Gasteiger charge is -2.17. The fourth-order valence-electron chi connectivity index (χ4n) is 2.21. The van der Waals surface area contributed by atoms with Crippen LogP contribution in [-0.2, 0) is 9.53 Å². The van der Waals surface area contributed by atoms with Crippen LogP contribution < -0.4 is 10.1 Å². The van der Waals surface area contributed by atoms with Crippen molar-refractivity contribution in [1.82, 2.24) is 5.32 Å². The summed E-state index contributed by atoms with van der Waals surface area (Å²) in [4.78, 5) is 12.0. The van der Waals surface area contributed by atoms with Gasteiger partial charge < -0.3 is 14.8 Å². The zero-order valence-electron chi connectivity index (χ0n) is 12.4. The maximum absolute atomic E-state index is 12.0. The topological polar surface area (TPSA) is 47.6 Å². The summed E-state index contributed by atoms with van der Waals surface area (Å²) < 4.78 is 11.1. The lowest BCUT2D eigenvalue weighted by Crippen LogP contribution is -2.40. The molecule has 0 bridgehead atoms. The smallest absolute Gasteiger partial charge is 0.260 e. The van der Waals surface area contributed by atoms with Crippen LogP contribution in [0.2, 0.25) is 0 Å². The quantitative estimate of drug-likeness (QED) is 0.899. The van der Waals surface area contributed by atoms with Crippen LogP contribution in [0.4, 0.5) is 0 Å². The van der Waals surface area contributed by atoms with Crippen molar-refractivity contribution in [2.24, 2.45) is 0 Å². The lowest BCUT2D eigenvalue weighted by molar-refractivity contribution is -0.127. The molecular formula is C16H23NO3. The van der Waals surface area contributed by atoms with E-state index in [4.69, 9.17) is 9.47 Å². The summed E-state index contributed by atoms with van der Waals surface area (Å²) in [6, 6.07) is 5.85. The molecule has 0 saturated carbocycles. The molecule has 1 aliphatic rings. The number of nitrogens with one attached hydrogen (secondary N) is 1. The number of ether oxygens (including phenoxy) is 2. The summed E-state index contributed by atoms with van der Waals surface area (Å²) in [5.41, 5.74) is 2.38. The van der Waals surface area contributed by atoms with Crippen LogP contribution in [0, 0.1) is 13.8 Å². The second-order valence-corrected chi connectivity index (χ2v) is 5.39. The van der Waals surface area contributed by atoms with E-state index in [-0.39, 0.29) is 12.0 Å². The van der Waals surface area contributed by atoms with E-state index >= 15 is 0 Å². The van der Waals surface area contributed by atoms with Crippen molar-refractivity contribution in [3.05, 3.63) is 29.3 Å². The Bertz CT molecular complexity index is 467. The molecule has 4 nitrogen and oxygen atoms in total. The van der Waals surface area contributed by atoms with Crippen LogP contribution >= 0.6 is 0 Å². The average molecular weight is 277 g/mol. The highest BCUT2D eigenvalue weighted by molar-refractivity contribution is 5.80. The first-order valence-electron chi connectivity index (χ1n) is 7.19. The molecule has 0 aliphatic carbocycles. The minimum absolute atomic E-state index is 0.0984. The zero-order valence-corrected chi connectivity index (χ0v) is 12.4. The molecule has 4 heteroatoms. The van der Waals surface area contributed by atoms with Gasteiger partial charge in [0.25, 0.3) is 5.91 Å². The summed E-state index contributed by atoms with van der Waals surface area (Å²) in [6.07, 6.45) is 1.76. The number of benzene rings is 1. The lowest BCUT2D eigenvalue weighted by atomic mass is 10.1. The van der Waals surface area contributed by atoms with E-state index in [1.54, 1.807) is 6.92 Å². The van der Waals surface area contributed by atoms with E-state index in [0.717, 1.165) is 30.8 Å². The first-order valence-corrected chi connectivity index (χ1v) is 7.19. The monoisotopic (exact) mass is 277 g/mol. The van der Waals surface area contributed by atoms with Crippen LogP contribution in [0.5, 0.6) is 5.75 Å². The molecule has 1 aromatic rings. The molecule has 0 radical (unpaired) electrons. The Morgan fingerprint density at radius 1 is 1.45 bits per heavy atom. The van der Waals surface area contributed by atoms with Crippen molar-refractivity contribution in [3.8, 4) is 5.75 Å². The third-order valence-corrected chi connectivity index (χ3v) is 3.69. The van der Waals surface area contributed by atoms with Crippen molar-refractivity contribution in [3.63, 3.8) is 0 Å². The Morgan fingerprint density at radius 2 is 2.25 bits per heavy atom. The molecule has 1 fully saturated rings. The third kappa shape index (κ3) is 3.97. The number of hydrogen-bond donors (Lipinski definition) is 1. The van der Waals surface area contributed by atoms with Crippen molar-refractivity contribution in [2.75, 3.05) is 13.2 Å². The second-order valence-electron chi connectivity index (χ2n) is 5.39. The third-order valence-electron chi connectivity index (χ3n) is 3.69. The summed E-state index contributed by atoms with van der Waals surface area (Å²) in [6.45, 7) is 7.22. The summed E-state index contributed by atoms with van der Waals surface area (Å²) >= 11 is 0. The summed E-state index contributed by atoms with van der Waals surface area (Å²) in [7, 11) is 0. The summed E-state index contributed by atoms with van der Waals surface area (Å²) in [5.74, 6) is 0.631.